The highest BCUT2D eigenvalue weighted by Gasteiger charge is 2.27. The molecular formula is C17H28N2. The maximum atomic E-state index is 3.66. The number of aryl methyl sites for hydroxylation is 2. The van der Waals surface area contributed by atoms with Crippen LogP contribution in [0.15, 0.2) is 18.2 Å². The molecule has 1 aromatic carbocycles. The molecule has 1 N–H and O–H groups in total. The molecule has 1 aromatic rings. The van der Waals surface area contributed by atoms with Gasteiger partial charge in [-0.25, -0.2) is 0 Å². The highest BCUT2D eigenvalue weighted by Crippen LogP contribution is 2.26. The average Bonchev–Trinajstić information content (AvgIpc) is 3.18. The Hall–Kier alpha value is -0.860. The molecule has 1 atom stereocenters. The van der Waals surface area contributed by atoms with Gasteiger partial charge in [0.15, 0.2) is 0 Å². The Bertz CT molecular complexity index is 410. The van der Waals surface area contributed by atoms with Crippen molar-refractivity contribution in [1.82, 2.24) is 10.2 Å². The summed E-state index contributed by atoms with van der Waals surface area (Å²) in [4.78, 5) is 2.60. The van der Waals surface area contributed by atoms with E-state index >= 15 is 0 Å². The molecule has 0 aromatic heterocycles. The fourth-order valence-corrected chi connectivity index (χ4v) is 2.88. The monoisotopic (exact) mass is 260 g/mol. The normalized spacial score (nSPS) is 16.9. The third-order valence-corrected chi connectivity index (χ3v) is 4.21. The average molecular weight is 260 g/mol. The highest BCUT2D eigenvalue weighted by atomic mass is 15.2. The molecule has 19 heavy (non-hydrogen) atoms. The number of benzene rings is 1. The Kier molecular flexibility index (Phi) is 5.00. The Labute approximate surface area is 118 Å². The maximum absolute atomic E-state index is 3.66. The number of rotatable bonds is 7. The molecular weight excluding hydrogens is 232 g/mol. The van der Waals surface area contributed by atoms with Crippen molar-refractivity contribution in [2.24, 2.45) is 0 Å². The molecule has 2 nitrogen and oxygen atoms in total. The fourth-order valence-electron chi connectivity index (χ4n) is 2.88. The number of nitrogens with zero attached hydrogens (tertiary/aromatic N) is 1. The van der Waals surface area contributed by atoms with Crippen LogP contribution in [0.4, 0.5) is 0 Å². The smallest absolute Gasteiger partial charge is 0.0294 e. The summed E-state index contributed by atoms with van der Waals surface area (Å²) < 4.78 is 0. The lowest BCUT2D eigenvalue weighted by molar-refractivity contribution is 0.273. The molecule has 1 saturated carbocycles. The summed E-state index contributed by atoms with van der Waals surface area (Å²) in [6, 6.07) is 8.07. The molecule has 0 heterocycles. The van der Waals surface area contributed by atoms with Gasteiger partial charge in [0.05, 0.1) is 0 Å². The molecule has 0 radical (unpaired) electrons. The SMILES string of the molecule is CCN(CCNC(C)c1ccc(C)cc1C)C1CC1. The first kappa shape index (κ1) is 14.5. The number of nitrogens with one attached hydrogen (secondary N) is 1. The van der Waals surface area contributed by atoms with Gasteiger partial charge in [-0.1, -0.05) is 30.7 Å². The summed E-state index contributed by atoms with van der Waals surface area (Å²) in [7, 11) is 0. The van der Waals surface area contributed by atoms with E-state index in [9.17, 15) is 0 Å². The van der Waals surface area contributed by atoms with Crippen LogP contribution < -0.4 is 5.32 Å². The van der Waals surface area contributed by atoms with Gasteiger partial charge in [0, 0.05) is 25.2 Å². The van der Waals surface area contributed by atoms with E-state index in [1.165, 1.54) is 42.6 Å². The lowest BCUT2D eigenvalue weighted by Crippen LogP contribution is -2.34. The summed E-state index contributed by atoms with van der Waals surface area (Å²) >= 11 is 0. The Morgan fingerprint density at radius 1 is 1.32 bits per heavy atom. The maximum Gasteiger partial charge on any atom is 0.0294 e. The second-order valence-electron chi connectivity index (χ2n) is 5.90. The number of hydrogen-bond donors (Lipinski definition) is 1. The van der Waals surface area contributed by atoms with Gasteiger partial charge in [0.2, 0.25) is 0 Å². The largest absolute Gasteiger partial charge is 0.309 e. The van der Waals surface area contributed by atoms with E-state index in [2.05, 4.69) is 56.1 Å². The van der Waals surface area contributed by atoms with E-state index in [1.54, 1.807) is 0 Å². The molecule has 2 heteroatoms. The van der Waals surface area contributed by atoms with E-state index in [0.717, 1.165) is 12.6 Å². The summed E-state index contributed by atoms with van der Waals surface area (Å²) in [5, 5.41) is 3.66. The number of hydrogen-bond acceptors (Lipinski definition) is 2. The minimum Gasteiger partial charge on any atom is -0.309 e. The highest BCUT2D eigenvalue weighted by molar-refractivity contribution is 5.32. The second-order valence-corrected chi connectivity index (χ2v) is 5.90. The lowest BCUT2D eigenvalue weighted by atomic mass is 10.0. The van der Waals surface area contributed by atoms with Gasteiger partial charge in [-0.15, -0.1) is 0 Å². The summed E-state index contributed by atoms with van der Waals surface area (Å²) in [6.07, 6.45) is 2.81. The molecule has 1 fully saturated rings. The first-order chi connectivity index (χ1) is 9.11. The van der Waals surface area contributed by atoms with Gasteiger partial charge in [-0.05, 0) is 51.3 Å². The van der Waals surface area contributed by atoms with Crippen LogP contribution >= 0.6 is 0 Å². The molecule has 2 rings (SSSR count). The Balaban J connectivity index is 1.81. The van der Waals surface area contributed by atoms with Crippen molar-refractivity contribution in [3.05, 3.63) is 34.9 Å². The minimum absolute atomic E-state index is 0.443. The van der Waals surface area contributed by atoms with Crippen LogP contribution in [-0.4, -0.2) is 30.6 Å². The summed E-state index contributed by atoms with van der Waals surface area (Å²) in [5.74, 6) is 0. The van der Waals surface area contributed by atoms with E-state index < -0.39 is 0 Å². The van der Waals surface area contributed by atoms with Crippen LogP contribution in [0.25, 0.3) is 0 Å². The Morgan fingerprint density at radius 3 is 2.63 bits per heavy atom. The zero-order valence-corrected chi connectivity index (χ0v) is 12.9. The second kappa shape index (κ2) is 6.53. The molecule has 0 aliphatic heterocycles. The van der Waals surface area contributed by atoms with Crippen molar-refractivity contribution in [2.45, 2.75) is 52.6 Å². The van der Waals surface area contributed by atoms with Crippen molar-refractivity contribution >= 4 is 0 Å². The van der Waals surface area contributed by atoms with Crippen molar-refractivity contribution < 1.29 is 0 Å². The summed E-state index contributed by atoms with van der Waals surface area (Å²) in [6.45, 7) is 12.4. The molecule has 0 spiro atoms. The zero-order chi connectivity index (χ0) is 13.8. The lowest BCUT2D eigenvalue weighted by Gasteiger charge is -2.22. The van der Waals surface area contributed by atoms with Crippen molar-refractivity contribution in [2.75, 3.05) is 19.6 Å². The van der Waals surface area contributed by atoms with Crippen LogP contribution in [0.3, 0.4) is 0 Å². The first-order valence-corrected chi connectivity index (χ1v) is 7.66. The molecule has 0 amide bonds. The van der Waals surface area contributed by atoms with Crippen LogP contribution in [0.5, 0.6) is 0 Å². The Morgan fingerprint density at radius 2 is 2.05 bits per heavy atom. The van der Waals surface area contributed by atoms with Crippen LogP contribution in [0.2, 0.25) is 0 Å². The van der Waals surface area contributed by atoms with E-state index in [0.29, 0.717) is 6.04 Å². The van der Waals surface area contributed by atoms with Gasteiger partial charge < -0.3 is 5.32 Å². The van der Waals surface area contributed by atoms with E-state index in [-0.39, 0.29) is 0 Å². The van der Waals surface area contributed by atoms with Gasteiger partial charge >= 0.3 is 0 Å². The van der Waals surface area contributed by atoms with Crippen molar-refractivity contribution in [1.29, 1.82) is 0 Å². The summed E-state index contributed by atoms with van der Waals surface area (Å²) in [5.41, 5.74) is 4.17. The van der Waals surface area contributed by atoms with Gasteiger partial charge in [0.25, 0.3) is 0 Å². The van der Waals surface area contributed by atoms with Gasteiger partial charge in [0.1, 0.15) is 0 Å². The molecule has 0 saturated heterocycles. The van der Waals surface area contributed by atoms with Crippen LogP contribution in [0.1, 0.15) is 49.4 Å². The standard InChI is InChI=1S/C17H28N2/c1-5-19(16-7-8-16)11-10-18-15(4)17-9-6-13(2)12-14(17)3/h6,9,12,15-16,18H,5,7-8,10-11H2,1-4H3. The third kappa shape index (κ3) is 4.05. The van der Waals surface area contributed by atoms with Gasteiger partial charge in [-0.2, -0.15) is 0 Å². The van der Waals surface area contributed by atoms with E-state index in [1.807, 2.05) is 0 Å². The van der Waals surface area contributed by atoms with Crippen LogP contribution in [-0.2, 0) is 0 Å². The molecule has 106 valence electrons. The fraction of sp³-hybridized carbons (Fsp3) is 0.647. The predicted octanol–water partition coefficient (Wildman–Crippen LogP) is 3.44. The van der Waals surface area contributed by atoms with E-state index in [4.69, 9.17) is 0 Å². The third-order valence-electron chi connectivity index (χ3n) is 4.21. The molecule has 1 unspecified atom stereocenters. The molecule has 0 bridgehead atoms. The molecule has 1 aliphatic rings. The molecule has 1 aliphatic carbocycles. The topological polar surface area (TPSA) is 15.3 Å². The van der Waals surface area contributed by atoms with Gasteiger partial charge in [-0.3, -0.25) is 4.90 Å². The zero-order valence-electron chi connectivity index (χ0n) is 12.9. The van der Waals surface area contributed by atoms with Crippen molar-refractivity contribution in [3.63, 3.8) is 0 Å². The predicted molar refractivity (Wildman–Crippen MR) is 82.6 cm³/mol. The number of likely N-dealkylation sites (N-methyl/N-ethyl adjacent to an activating group) is 1. The first-order valence-electron chi connectivity index (χ1n) is 7.66. The van der Waals surface area contributed by atoms with Crippen LogP contribution in [0, 0.1) is 13.8 Å². The minimum atomic E-state index is 0.443. The van der Waals surface area contributed by atoms with Crippen molar-refractivity contribution in [3.8, 4) is 0 Å². The quantitative estimate of drug-likeness (QED) is 0.808.